The third-order valence-electron chi connectivity index (χ3n) is 3.69. The summed E-state index contributed by atoms with van der Waals surface area (Å²) in [7, 11) is 1.29. The van der Waals surface area contributed by atoms with Crippen LogP contribution in [0.25, 0.3) is 0 Å². The standard InChI is InChI=1S/C17H19FN2O3/c1-10-14(17(22)23-3)11(2)20-15(10)16(21)19-9-8-12-6-4-5-7-13(12)18/h4-7,20H,8-9H2,1-3H3,(H,19,21). The van der Waals surface area contributed by atoms with Gasteiger partial charge in [-0.2, -0.15) is 0 Å². The predicted octanol–water partition coefficient (Wildman–Crippen LogP) is 2.53. The Kier molecular flexibility index (Phi) is 5.16. The lowest BCUT2D eigenvalue weighted by molar-refractivity contribution is 0.0599. The number of nitrogens with one attached hydrogen (secondary N) is 2. The summed E-state index contributed by atoms with van der Waals surface area (Å²) >= 11 is 0. The topological polar surface area (TPSA) is 71.2 Å². The fourth-order valence-corrected chi connectivity index (χ4v) is 2.49. The number of carbonyl (C=O) groups excluding carboxylic acids is 2. The molecule has 0 fully saturated rings. The molecule has 2 N–H and O–H groups in total. The number of hydrogen-bond acceptors (Lipinski definition) is 3. The molecule has 1 aromatic carbocycles. The summed E-state index contributed by atoms with van der Waals surface area (Å²) in [6, 6.07) is 6.44. The number of aryl methyl sites for hydroxylation is 1. The maximum atomic E-state index is 13.5. The number of methoxy groups -OCH3 is 1. The summed E-state index contributed by atoms with van der Waals surface area (Å²) in [5.41, 5.74) is 2.34. The highest BCUT2D eigenvalue weighted by Crippen LogP contribution is 2.18. The van der Waals surface area contributed by atoms with E-state index in [0.717, 1.165) is 0 Å². The molecule has 6 heteroatoms. The van der Waals surface area contributed by atoms with Gasteiger partial charge in [0, 0.05) is 12.2 Å². The van der Waals surface area contributed by atoms with Gasteiger partial charge in [-0.3, -0.25) is 4.79 Å². The maximum Gasteiger partial charge on any atom is 0.339 e. The van der Waals surface area contributed by atoms with Crippen LogP contribution in [0.2, 0.25) is 0 Å². The van der Waals surface area contributed by atoms with Crippen LogP contribution in [0.4, 0.5) is 4.39 Å². The first-order valence-corrected chi connectivity index (χ1v) is 7.24. The molecule has 23 heavy (non-hydrogen) atoms. The second-order valence-electron chi connectivity index (χ2n) is 5.21. The van der Waals surface area contributed by atoms with Crippen molar-refractivity contribution in [1.29, 1.82) is 0 Å². The van der Waals surface area contributed by atoms with Gasteiger partial charge in [0.2, 0.25) is 0 Å². The lowest BCUT2D eigenvalue weighted by Gasteiger charge is -2.06. The van der Waals surface area contributed by atoms with E-state index in [2.05, 4.69) is 10.3 Å². The Bertz CT molecular complexity index is 737. The van der Waals surface area contributed by atoms with Gasteiger partial charge in [-0.1, -0.05) is 18.2 Å². The second-order valence-corrected chi connectivity index (χ2v) is 5.21. The van der Waals surface area contributed by atoms with Crippen LogP contribution >= 0.6 is 0 Å². The van der Waals surface area contributed by atoms with E-state index in [0.29, 0.717) is 41.0 Å². The first kappa shape index (κ1) is 16.7. The van der Waals surface area contributed by atoms with E-state index in [1.165, 1.54) is 13.2 Å². The smallest absolute Gasteiger partial charge is 0.339 e. The molecule has 0 aliphatic rings. The molecule has 2 rings (SSSR count). The minimum Gasteiger partial charge on any atom is -0.465 e. The van der Waals surface area contributed by atoms with Gasteiger partial charge < -0.3 is 15.0 Å². The quantitative estimate of drug-likeness (QED) is 0.832. The molecule has 122 valence electrons. The van der Waals surface area contributed by atoms with Gasteiger partial charge in [0.25, 0.3) is 5.91 Å². The van der Waals surface area contributed by atoms with E-state index in [9.17, 15) is 14.0 Å². The van der Waals surface area contributed by atoms with Gasteiger partial charge in [0.05, 0.1) is 12.7 Å². The van der Waals surface area contributed by atoms with Crippen molar-refractivity contribution in [3.8, 4) is 0 Å². The van der Waals surface area contributed by atoms with E-state index in [4.69, 9.17) is 4.74 Å². The van der Waals surface area contributed by atoms with Gasteiger partial charge in [0.1, 0.15) is 11.5 Å². The number of esters is 1. The fraction of sp³-hybridized carbons (Fsp3) is 0.294. The zero-order chi connectivity index (χ0) is 17.0. The SMILES string of the molecule is COC(=O)c1c(C)[nH]c(C(=O)NCCc2ccccc2F)c1C. The molecule has 0 bridgehead atoms. The van der Waals surface area contributed by atoms with Crippen LogP contribution in [0.3, 0.4) is 0 Å². The normalized spacial score (nSPS) is 10.4. The molecule has 1 heterocycles. The van der Waals surface area contributed by atoms with Gasteiger partial charge >= 0.3 is 5.97 Å². The van der Waals surface area contributed by atoms with Gasteiger partial charge in [0.15, 0.2) is 0 Å². The highest BCUT2D eigenvalue weighted by Gasteiger charge is 2.22. The van der Waals surface area contributed by atoms with Gasteiger partial charge in [-0.15, -0.1) is 0 Å². The molecule has 0 radical (unpaired) electrons. The Labute approximate surface area is 133 Å². The van der Waals surface area contributed by atoms with Crippen molar-refractivity contribution in [3.05, 3.63) is 58.2 Å². The first-order valence-electron chi connectivity index (χ1n) is 7.24. The van der Waals surface area contributed by atoms with Gasteiger partial charge in [-0.05, 0) is 37.5 Å². The third-order valence-corrected chi connectivity index (χ3v) is 3.69. The van der Waals surface area contributed by atoms with Crippen LogP contribution in [0, 0.1) is 19.7 Å². The molecule has 1 amide bonds. The predicted molar refractivity (Wildman–Crippen MR) is 84.0 cm³/mol. The summed E-state index contributed by atoms with van der Waals surface area (Å²) in [5.74, 6) is -1.11. The highest BCUT2D eigenvalue weighted by molar-refractivity contribution is 6.00. The minimum absolute atomic E-state index is 0.290. The number of hydrogen-bond donors (Lipinski definition) is 2. The number of aromatic nitrogens is 1. The zero-order valence-corrected chi connectivity index (χ0v) is 13.3. The molecular weight excluding hydrogens is 299 g/mol. The summed E-state index contributed by atoms with van der Waals surface area (Å²) in [5, 5.41) is 2.72. The molecule has 0 aliphatic heterocycles. The Hall–Kier alpha value is -2.63. The van der Waals surface area contributed by atoms with Crippen molar-refractivity contribution >= 4 is 11.9 Å². The third kappa shape index (κ3) is 3.59. The van der Waals surface area contributed by atoms with Crippen LogP contribution in [0.5, 0.6) is 0 Å². The Morgan fingerprint density at radius 1 is 1.26 bits per heavy atom. The highest BCUT2D eigenvalue weighted by atomic mass is 19.1. The molecule has 0 saturated heterocycles. The molecule has 0 aliphatic carbocycles. The molecule has 0 unspecified atom stereocenters. The molecule has 0 spiro atoms. The number of halogens is 1. The molecule has 2 aromatic rings. The van der Waals surface area contributed by atoms with Crippen LogP contribution in [-0.4, -0.2) is 30.5 Å². The monoisotopic (exact) mass is 318 g/mol. The number of amides is 1. The Morgan fingerprint density at radius 3 is 2.61 bits per heavy atom. The fourth-order valence-electron chi connectivity index (χ4n) is 2.49. The number of aromatic amines is 1. The average Bonchev–Trinajstić information content (AvgIpc) is 2.83. The molecular formula is C17H19FN2O3. The van der Waals surface area contributed by atoms with E-state index in [1.807, 2.05) is 0 Å². The summed E-state index contributed by atoms with van der Waals surface area (Å²) in [6.07, 6.45) is 0.390. The first-order chi connectivity index (χ1) is 11.0. The van der Waals surface area contributed by atoms with Crippen LogP contribution < -0.4 is 5.32 Å². The maximum absolute atomic E-state index is 13.5. The largest absolute Gasteiger partial charge is 0.465 e. The van der Waals surface area contributed by atoms with E-state index >= 15 is 0 Å². The minimum atomic E-state index is -0.485. The van der Waals surface area contributed by atoms with Crippen molar-refractivity contribution in [2.75, 3.05) is 13.7 Å². The van der Waals surface area contributed by atoms with Crippen molar-refractivity contribution in [1.82, 2.24) is 10.3 Å². The van der Waals surface area contributed by atoms with Crippen molar-refractivity contribution < 1.29 is 18.7 Å². The van der Waals surface area contributed by atoms with Crippen LogP contribution in [0.15, 0.2) is 24.3 Å². The summed E-state index contributed by atoms with van der Waals surface area (Å²) < 4.78 is 18.2. The van der Waals surface area contributed by atoms with Crippen molar-refractivity contribution in [2.45, 2.75) is 20.3 Å². The summed E-state index contributed by atoms with van der Waals surface area (Å²) in [4.78, 5) is 26.8. The molecule has 1 aromatic heterocycles. The zero-order valence-electron chi connectivity index (χ0n) is 13.3. The van der Waals surface area contributed by atoms with Gasteiger partial charge in [-0.25, -0.2) is 9.18 Å². The molecule has 0 saturated carbocycles. The molecule has 5 nitrogen and oxygen atoms in total. The van der Waals surface area contributed by atoms with Crippen molar-refractivity contribution in [2.24, 2.45) is 0 Å². The molecule has 0 atom stereocenters. The number of rotatable bonds is 5. The number of benzene rings is 1. The number of H-pyrrole nitrogens is 1. The average molecular weight is 318 g/mol. The number of carbonyl (C=O) groups is 2. The van der Waals surface area contributed by atoms with E-state index < -0.39 is 5.97 Å². The van der Waals surface area contributed by atoms with E-state index in [1.54, 1.807) is 32.0 Å². The van der Waals surface area contributed by atoms with E-state index in [-0.39, 0.29) is 11.7 Å². The van der Waals surface area contributed by atoms with Crippen molar-refractivity contribution in [3.63, 3.8) is 0 Å². The van der Waals surface area contributed by atoms with Crippen LogP contribution in [0.1, 0.15) is 37.7 Å². The summed E-state index contributed by atoms with van der Waals surface area (Å²) in [6.45, 7) is 3.68. The van der Waals surface area contributed by atoms with Crippen LogP contribution in [-0.2, 0) is 11.2 Å². The second kappa shape index (κ2) is 7.09. The Morgan fingerprint density at radius 2 is 1.96 bits per heavy atom. The lowest BCUT2D eigenvalue weighted by atomic mass is 10.1. The number of ether oxygens (including phenoxy) is 1. The lowest BCUT2D eigenvalue weighted by Crippen LogP contribution is -2.27. The Balaban J connectivity index is 2.04.